The van der Waals surface area contributed by atoms with Crippen molar-refractivity contribution >= 4 is 17.7 Å². The van der Waals surface area contributed by atoms with Crippen LogP contribution < -0.4 is 5.06 Å². The molecule has 2 rings (SSSR count). The van der Waals surface area contributed by atoms with Gasteiger partial charge in [-0.05, 0) is 17.7 Å². The lowest BCUT2D eigenvalue weighted by atomic mass is 10.2. The molecule has 0 bridgehead atoms. The van der Waals surface area contributed by atoms with E-state index in [0.717, 1.165) is 5.56 Å². The van der Waals surface area contributed by atoms with Crippen LogP contribution in [0.5, 0.6) is 0 Å². The maximum atomic E-state index is 11.4. The van der Waals surface area contributed by atoms with Crippen LogP contribution in [0.15, 0.2) is 29.3 Å². The molecule has 0 unspecified atom stereocenters. The van der Waals surface area contributed by atoms with E-state index in [4.69, 9.17) is 4.84 Å². The Morgan fingerprint density at radius 1 is 1.38 bits per heavy atom. The second-order valence-electron chi connectivity index (χ2n) is 3.35. The molecule has 0 N–H and O–H groups in total. The summed E-state index contributed by atoms with van der Waals surface area (Å²) in [6, 6.07) is 7.12. The summed E-state index contributed by atoms with van der Waals surface area (Å²) in [6.45, 7) is 0.731. The number of hydrogen-bond donors (Lipinski definition) is 0. The molecule has 0 aromatic heterocycles. The second kappa shape index (κ2) is 4.70. The van der Waals surface area contributed by atoms with Crippen molar-refractivity contribution in [1.29, 1.82) is 0 Å². The lowest BCUT2D eigenvalue weighted by molar-refractivity contribution is -0.119. The summed E-state index contributed by atoms with van der Waals surface area (Å²) < 4.78 is 0. The van der Waals surface area contributed by atoms with Crippen LogP contribution in [0.2, 0.25) is 0 Å². The molecule has 1 saturated heterocycles. The van der Waals surface area contributed by atoms with Crippen molar-refractivity contribution in [2.24, 2.45) is 4.99 Å². The zero-order valence-corrected chi connectivity index (χ0v) is 8.55. The molecule has 1 aliphatic rings. The van der Waals surface area contributed by atoms with Crippen molar-refractivity contribution in [3.05, 3.63) is 29.8 Å². The fraction of sp³-hybridized carbons (Fsp3) is 0.273. The summed E-state index contributed by atoms with van der Waals surface area (Å²) in [5, 5.41) is 1.28. The normalized spacial score (nSPS) is 15.0. The van der Waals surface area contributed by atoms with Gasteiger partial charge < -0.3 is 0 Å². The van der Waals surface area contributed by atoms with Crippen LogP contribution in [-0.2, 0) is 21.0 Å². The average Bonchev–Trinajstić information content (AvgIpc) is 2.74. The Bertz CT molecular complexity index is 435. The Hall–Kier alpha value is -1.97. The largest absolute Gasteiger partial charge is 0.272 e. The van der Waals surface area contributed by atoms with Crippen molar-refractivity contribution in [2.75, 3.05) is 11.7 Å². The number of amides is 1. The van der Waals surface area contributed by atoms with Gasteiger partial charge >= 0.3 is 0 Å². The van der Waals surface area contributed by atoms with Gasteiger partial charge in [0.1, 0.15) is 0 Å². The van der Waals surface area contributed by atoms with E-state index in [1.54, 1.807) is 24.3 Å². The van der Waals surface area contributed by atoms with E-state index in [1.807, 2.05) is 0 Å². The van der Waals surface area contributed by atoms with Crippen LogP contribution in [0.1, 0.15) is 12.0 Å². The molecule has 0 spiro atoms. The van der Waals surface area contributed by atoms with Crippen molar-refractivity contribution in [2.45, 2.75) is 13.0 Å². The fourth-order valence-corrected chi connectivity index (χ4v) is 1.48. The Balaban J connectivity index is 2.12. The maximum absolute atomic E-state index is 11.4. The number of carbonyl (C=O) groups excluding carboxylic acids is 2. The lowest BCUT2D eigenvalue weighted by Gasteiger charge is -2.13. The SMILES string of the molecule is O=C=NCc1ccc(N2OCCC2=O)cc1. The van der Waals surface area contributed by atoms with Crippen molar-refractivity contribution in [3.8, 4) is 0 Å². The van der Waals surface area contributed by atoms with Crippen LogP contribution in [0, 0.1) is 0 Å². The molecule has 0 saturated carbocycles. The summed E-state index contributed by atoms with van der Waals surface area (Å²) in [6.07, 6.45) is 1.89. The highest BCUT2D eigenvalue weighted by atomic mass is 16.7. The standard InChI is InChI=1S/C11H10N2O3/c14-8-12-7-9-1-3-10(4-2-9)13-11(15)5-6-16-13/h1-4H,5-7H2. The highest BCUT2D eigenvalue weighted by Gasteiger charge is 2.22. The molecule has 5 heteroatoms. The van der Waals surface area contributed by atoms with Gasteiger partial charge in [-0.15, -0.1) is 0 Å². The molecule has 16 heavy (non-hydrogen) atoms. The molecular formula is C11H10N2O3. The number of aliphatic imine (C=N–C) groups is 1. The molecule has 0 atom stereocenters. The molecule has 1 aromatic carbocycles. The van der Waals surface area contributed by atoms with E-state index >= 15 is 0 Å². The van der Waals surface area contributed by atoms with Crippen LogP contribution in [0.4, 0.5) is 5.69 Å². The number of carbonyl (C=O) groups is 1. The van der Waals surface area contributed by atoms with E-state index in [2.05, 4.69) is 4.99 Å². The Kier molecular flexibility index (Phi) is 3.10. The smallest absolute Gasteiger partial charge is 0.253 e. The fourth-order valence-electron chi connectivity index (χ4n) is 1.48. The maximum Gasteiger partial charge on any atom is 0.253 e. The Morgan fingerprint density at radius 3 is 2.69 bits per heavy atom. The minimum atomic E-state index is -0.0429. The van der Waals surface area contributed by atoms with Crippen LogP contribution in [0.3, 0.4) is 0 Å². The van der Waals surface area contributed by atoms with Crippen molar-refractivity contribution in [3.63, 3.8) is 0 Å². The molecule has 5 nitrogen and oxygen atoms in total. The first-order valence-electron chi connectivity index (χ1n) is 4.90. The molecule has 0 radical (unpaired) electrons. The number of anilines is 1. The third-order valence-corrected chi connectivity index (χ3v) is 2.26. The molecular weight excluding hydrogens is 208 g/mol. The van der Waals surface area contributed by atoms with Gasteiger partial charge in [0.25, 0.3) is 5.91 Å². The highest BCUT2D eigenvalue weighted by Crippen LogP contribution is 2.20. The van der Waals surface area contributed by atoms with Crippen LogP contribution in [-0.4, -0.2) is 18.6 Å². The zero-order valence-electron chi connectivity index (χ0n) is 8.55. The molecule has 1 heterocycles. The van der Waals surface area contributed by atoms with E-state index in [1.165, 1.54) is 11.1 Å². The number of hydrogen-bond acceptors (Lipinski definition) is 4. The van der Waals surface area contributed by atoms with Crippen LogP contribution >= 0.6 is 0 Å². The number of benzene rings is 1. The van der Waals surface area contributed by atoms with Gasteiger partial charge in [-0.1, -0.05) is 12.1 Å². The molecule has 1 amide bonds. The Labute approximate surface area is 92.3 Å². The van der Waals surface area contributed by atoms with Crippen LogP contribution in [0.25, 0.3) is 0 Å². The average molecular weight is 218 g/mol. The number of hydroxylamine groups is 1. The zero-order chi connectivity index (χ0) is 11.4. The van der Waals surface area contributed by atoms with Gasteiger partial charge in [-0.25, -0.2) is 9.79 Å². The van der Waals surface area contributed by atoms with Gasteiger partial charge in [0.05, 0.1) is 25.3 Å². The van der Waals surface area contributed by atoms with Gasteiger partial charge in [0.15, 0.2) is 0 Å². The van der Waals surface area contributed by atoms with E-state index in [9.17, 15) is 9.59 Å². The number of rotatable bonds is 3. The highest BCUT2D eigenvalue weighted by molar-refractivity contribution is 5.92. The van der Waals surface area contributed by atoms with E-state index in [-0.39, 0.29) is 5.91 Å². The Morgan fingerprint density at radius 2 is 2.12 bits per heavy atom. The number of nitrogens with zero attached hydrogens (tertiary/aromatic N) is 2. The van der Waals surface area contributed by atoms with E-state index in [0.29, 0.717) is 25.3 Å². The summed E-state index contributed by atoms with van der Waals surface area (Å²) in [5.41, 5.74) is 1.58. The van der Waals surface area contributed by atoms with Gasteiger partial charge in [0, 0.05) is 0 Å². The topological polar surface area (TPSA) is 59.0 Å². The van der Waals surface area contributed by atoms with E-state index < -0.39 is 0 Å². The quantitative estimate of drug-likeness (QED) is 0.565. The summed E-state index contributed by atoms with van der Waals surface area (Å²) in [7, 11) is 0. The molecule has 0 aliphatic carbocycles. The molecule has 1 aromatic rings. The third-order valence-electron chi connectivity index (χ3n) is 2.26. The van der Waals surface area contributed by atoms with Crippen molar-refractivity contribution < 1.29 is 14.4 Å². The van der Waals surface area contributed by atoms with Crippen molar-refractivity contribution in [1.82, 2.24) is 0 Å². The van der Waals surface area contributed by atoms with Gasteiger partial charge in [0.2, 0.25) is 6.08 Å². The van der Waals surface area contributed by atoms with Gasteiger partial charge in [-0.3, -0.25) is 9.63 Å². The predicted molar refractivity (Wildman–Crippen MR) is 56.3 cm³/mol. The minimum Gasteiger partial charge on any atom is -0.272 e. The van der Waals surface area contributed by atoms with Gasteiger partial charge in [-0.2, -0.15) is 5.06 Å². The third kappa shape index (κ3) is 2.16. The molecule has 1 aliphatic heterocycles. The monoisotopic (exact) mass is 218 g/mol. The second-order valence-corrected chi connectivity index (χ2v) is 3.35. The predicted octanol–water partition coefficient (Wildman–Crippen LogP) is 1.19. The first-order valence-corrected chi connectivity index (χ1v) is 4.90. The first-order chi connectivity index (χ1) is 7.81. The lowest BCUT2D eigenvalue weighted by Crippen LogP contribution is -2.21. The summed E-state index contributed by atoms with van der Waals surface area (Å²) in [4.78, 5) is 29.9. The first kappa shape index (κ1) is 10.5. The summed E-state index contributed by atoms with van der Waals surface area (Å²) >= 11 is 0. The molecule has 82 valence electrons. The number of isocyanates is 1. The molecule has 1 fully saturated rings. The minimum absolute atomic E-state index is 0.0429. The summed E-state index contributed by atoms with van der Waals surface area (Å²) in [5.74, 6) is -0.0429.